The highest BCUT2D eigenvalue weighted by molar-refractivity contribution is 5.75. The van der Waals surface area contributed by atoms with Crippen LogP contribution in [0.1, 0.15) is 26.7 Å². The van der Waals surface area contributed by atoms with Crippen LogP contribution in [0, 0.1) is 0 Å². The van der Waals surface area contributed by atoms with Crippen molar-refractivity contribution in [3.63, 3.8) is 0 Å². The number of methoxy groups -OCH3 is 1. The Hall–Kier alpha value is -0.610. The molecule has 2 atom stereocenters. The number of carbonyl (C=O) groups excluding carboxylic acids is 1. The summed E-state index contributed by atoms with van der Waals surface area (Å²) >= 11 is 0. The lowest BCUT2D eigenvalue weighted by atomic mass is 10.2. The fourth-order valence-electron chi connectivity index (χ4n) is 0.983. The molecule has 4 heteroatoms. The van der Waals surface area contributed by atoms with E-state index in [9.17, 15) is 4.79 Å². The molecule has 0 amide bonds. The van der Waals surface area contributed by atoms with E-state index in [-0.39, 0.29) is 12.1 Å². The smallest absolute Gasteiger partial charge is 0.323 e. The molecule has 0 saturated heterocycles. The summed E-state index contributed by atoms with van der Waals surface area (Å²) in [5, 5.41) is 0. The predicted octanol–water partition coefficient (Wildman–Crippen LogP) is 0.692. The Labute approximate surface area is 79.4 Å². The Morgan fingerprint density at radius 2 is 2.15 bits per heavy atom. The monoisotopic (exact) mass is 189 g/mol. The van der Waals surface area contributed by atoms with E-state index in [1.165, 1.54) is 0 Å². The normalized spacial score (nSPS) is 15.1. The molecular weight excluding hydrogens is 170 g/mol. The first-order chi connectivity index (χ1) is 6.11. The SMILES string of the molecule is CCCC(N)C(=O)OC(C)COC. The van der Waals surface area contributed by atoms with E-state index in [1.54, 1.807) is 14.0 Å². The molecule has 0 aliphatic carbocycles. The molecule has 0 aliphatic rings. The van der Waals surface area contributed by atoms with Gasteiger partial charge in [0.05, 0.1) is 6.61 Å². The van der Waals surface area contributed by atoms with Gasteiger partial charge in [-0.25, -0.2) is 0 Å². The van der Waals surface area contributed by atoms with Crippen molar-refractivity contribution in [2.75, 3.05) is 13.7 Å². The molecule has 0 heterocycles. The minimum absolute atomic E-state index is 0.222. The average molecular weight is 189 g/mol. The van der Waals surface area contributed by atoms with Crippen LogP contribution in [0.3, 0.4) is 0 Å². The molecule has 4 nitrogen and oxygen atoms in total. The summed E-state index contributed by atoms with van der Waals surface area (Å²) in [7, 11) is 1.57. The van der Waals surface area contributed by atoms with Gasteiger partial charge in [0.1, 0.15) is 12.1 Å². The first kappa shape index (κ1) is 12.4. The van der Waals surface area contributed by atoms with Gasteiger partial charge in [-0.2, -0.15) is 0 Å². The van der Waals surface area contributed by atoms with Gasteiger partial charge in [-0.15, -0.1) is 0 Å². The van der Waals surface area contributed by atoms with Gasteiger partial charge in [0.2, 0.25) is 0 Å². The first-order valence-electron chi connectivity index (χ1n) is 4.56. The van der Waals surface area contributed by atoms with Gasteiger partial charge in [-0.1, -0.05) is 13.3 Å². The zero-order chi connectivity index (χ0) is 10.3. The highest BCUT2D eigenvalue weighted by atomic mass is 16.6. The maximum atomic E-state index is 11.2. The second-order valence-electron chi connectivity index (χ2n) is 3.10. The minimum Gasteiger partial charge on any atom is -0.459 e. The van der Waals surface area contributed by atoms with Crippen LogP contribution < -0.4 is 5.73 Å². The number of esters is 1. The summed E-state index contributed by atoms with van der Waals surface area (Å²) in [6, 6.07) is -0.496. The summed E-state index contributed by atoms with van der Waals surface area (Å²) in [5.74, 6) is -0.341. The van der Waals surface area contributed by atoms with E-state index in [1.807, 2.05) is 6.92 Å². The zero-order valence-electron chi connectivity index (χ0n) is 8.58. The van der Waals surface area contributed by atoms with Gasteiger partial charge in [0, 0.05) is 7.11 Å². The molecule has 0 aromatic rings. The van der Waals surface area contributed by atoms with E-state index in [2.05, 4.69) is 0 Å². The predicted molar refractivity (Wildman–Crippen MR) is 50.3 cm³/mol. The fraction of sp³-hybridized carbons (Fsp3) is 0.889. The summed E-state index contributed by atoms with van der Waals surface area (Å²) in [6.07, 6.45) is 1.33. The van der Waals surface area contributed by atoms with Crippen LogP contribution >= 0.6 is 0 Å². The molecule has 0 aromatic heterocycles. The summed E-state index contributed by atoms with van der Waals surface area (Å²) in [4.78, 5) is 11.2. The molecule has 0 bridgehead atoms. The Morgan fingerprint density at radius 3 is 2.62 bits per heavy atom. The third kappa shape index (κ3) is 5.60. The van der Waals surface area contributed by atoms with Crippen molar-refractivity contribution in [2.24, 2.45) is 5.73 Å². The minimum atomic E-state index is -0.496. The molecule has 0 spiro atoms. The van der Waals surface area contributed by atoms with Crippen molar-refractivity contribution in [1.29, 1.82) is 0 Å². The van der Waals surface area contributed by atoms with Gasteiger partial charge >= 0.3 is 5.97 Å². The maximum absolute atomic E-state index is 11.2. The third-order valence-electron chi connectivity index (χ3n) is 1.62. The average Bonchev–Trinajstić information content (AvgIpc) is 2.05. The van der Waals surface area contributed by atoms with Crippen molar-refractivity contribution in [3.05, 3.63) is 0 Å². The first-order valence-corrected chi connectivity index (χ1v) is 4.56. The van der Waals surface area contributed by atoms with Crippen molar-refractivity contribution in [2.45, 2.75) is 38.8 Å². The van der Waals surface area contributed by atoms with E-state index >= 15 is 0 Å². The van der Waals surface area contributed by atoms with Gasteiger partial charge in [-0.05, 0) is 13.3 Å². The lowest BCUT2D eigenvalue weighted by Gasteiger charge is -2.15. The van der Waals surface area contributed by atoms with Crippen LogP contribution in [0.4, 0.5) is 0 Å². The van der Waals surface area contributed by atoms with Crippen LogP contribution in [0.15, 0.2) is 0 Å². The largest absolute Gasteiger partial charge is 0.459 e. The van der Waals surface area contributed by atoms with E-state index in [0.717, 1.165) is 6.42 Å². The summed E-state index contributed by atoms with van der Waals surface area (Å²) < 4.78 is 9.84. The van der Waals surface area contributed by atoms with Gasteiger partial charge in [0.25, 0.3) is 0 Å². The highest BCUT2D eigenvalue weighted by Crippen LogP contribution is 1.99. The lowest BCUT2D eigenvalue weighted by molar-refractivity contribution is -0.152. The number of hydrogen-bond acceptors (Lipinski definition) is 4. The van der Waals surface area contributed by atoms with Crippen LogP contribution in [0.2, 0.25) is 0 Å². The van der Waals surface area contributed by atoms with Gasteiger partial charge in [-0.3, -0.25) is 4.79 Å². The molecule has 78 valence electrons. The number of carbonyl (C=O) groups is 1. The Morgan fingerprint density at radius 1 is 1.54 bits per heavy atom. The van der Waals surface area contributed by atoms with Crippen LogP contribution in [-0.4, -0.2) is 31.8 Å². The van der Waals surface area contributed by atoms with Crippen LogP contribution in [0.25, 0.3) is 0 Å². The number of rotatable bonds is 6. The second kappa shape index (κ2) is 6.86. The van der Waals surface area contributed by atoms with E-state index in [0.29, 0.717) is 13.0 Å². The topological polar surface area (TPSA) is 61.6 Å². The number of nitrogens with two attached hydrogens (primary N) is 1. The molecule has 2 unspecified atom stereocenters. The Balaban J connectivity index is 3.71. The van der Waals surface area contributed by atoms with Crippen molar-refractivity contribution in [1.82, 2.24) is 0 Å². The van der Waals surface area contributed by atoms with Crippen LogP contribution in [0.5, 0.6) is 0 Å². The molecule has 0 rings (SSSR count). The molecule has 0 saturated carbocycles. The Kier molecular flexibility index (Phi) is 6.54. The Bertz CT molecular complexity index is 150. The summed E-state index contributed by atoms with van der Waals surface area (Å²) in [5.41, 5.74) is 5.56. The second-order valence-corrected chi connectivity index (χ2v) is 3.10. The molecule has 0 aromatic carbocycles. The number of hydrogen-bond donors (Lipinski definition) is 1. The quantitative estimate of drug-likeness (QED) is 0.624. The van der Waals surface area contributed by atoms with Crippen LogP contribution in [-0.2, 0) is 14.3 Å². The van der Waals surface area contributed by atoms with Crippen molar-refractivity contribution in [3.8, 4) is 0 Å². The van der Waals surface area contributed by atoms with Crippen molar-refractivity contribution < 1.29 is 14.3 Å². The molecule has 2 N–H and O–H groups in total. The molecule has 0 fully saturated rings. The standard InChI is InChI=1S/C9H19NO3/c1-4-5-8(10)9(11)13-7(2)6-12-3/h7-8H,4-6,10H2,1-3H3. The lowest BCUT2D eigenvalue weighted by Crippen LogP contribution is -2.35. The van der Waals surface area contributed by atoms with Crippen molar-refractivity contribution >= 4 is 5.97 Å². The molecule has 0 radical (unpaired) electrons. The fourth-order valence-corrected chi connectivity index (χ4v) is 0.983. The third-order valence-corrected chi connectivity index (χ3v) is 1.62. The summed E-state index contributed by atoms with van der Waals surface area (Å²) in [6.45, 7) is 4.16. The van der Waals surface area contributed by atoms with Gasteiger partial charge < -0.3 is 15.2 Å². The van der Waals surface area contributed by atoms with E-state index < -0.39 is 6.04 Å². The maximum Gasteiger partial charge on any atom is 0.323 e. The van der Waals surface area contributed by atoms with Gasteiger partial charge in [0.15, 0.2) is 0 Å². The highest BCUT2D eigenvalue weighted by Gasteiger charge is 2.16. The zero-order valence-corrected chi connectivity index (χ0v) is 8.58. The van der Waals surface area contributed by atoms with E-state index in [4.69, 9.17) is 15.2 Å². The number of ether oxygens (including phenoxy) is 2. The molecule has 13 heavy (non-hydrogen) atoms. The molecular formula is C9H19NO3. The molecule has 0 aliphatic heterocycles.